The predicted molar refractivity (Wildman–Crippen MR) is 120 cm³/mol. The molecule has 2 heterocycles. The van der Waals surface area contributed by atoms with Crippen molar-refractivity contribution in [3.05, 3.63) is 106 Å². The van der Waals surface area contributed by atoms with Crippen LogP contribution in [0.4, 0.5) is 0 Å². The zero-order valence-corrected chi connectivity index (χ0v) is 17.8. The topological polar surface area (TPSA) is 69.0 Å². The van der Waals surface area contributed by atoms with E-state index in [-0.39, 0.29) is 12.5 Å². The van der Waals surface area contributed by atoms with E-state index in [0.717, 1.165) is 16.9 Å². The largest absolute Gasteiger partial charge is 0.488 e. The number of benzene rings is 2. The number of nitrogens with one attached hydrogen (secondary N) is 1. The molecule has 8 heteroatoms. The first-order valence-corrected chi connectivity index (χ1v) is 10.2. The summed E-state index contributed by atoms with van der Waals surface area (Å²) in [6, 6.07) is 16.0. The second-order valence-electron chi connectivity index (χ2n) is 6.70. The van der Waals surface area contributed by atoms with Crippen LogP contribution in [-0.4, -0.2) is 20.4 Å². The normalized spacial score (nSPS) is 10.6. The SMILES string of the molecule is O=C(NCc1ccnc(-n2ccnc2)c1)c1ccccc1OCc1ccc(Cl)cc1Cl. The van der Waals surface area contributed by atoms with Crippen LogP contribution in [-0.2, 0) is 13.2 Å². The van der Waals surface area contributed by atoms with E-state index >= 15 is 0 Å². The van der Waals surface area contributed by atoms with Gasteiger partial charge in [-0.25, -0.2) is 9.97 Å². The molecule has 0 radical (unpaired) electrons. The number of aromatic nitrogens is 3. The Morgan fingerprint density at radius 3 is 2.74 bits per heavy atom. The minimum Gasteiger partial charge on any atom is -0.488 e. The molecule has 0 unspecified atom stereocenters. The third kappa shape index (κ3) is 5.23. The van der Waals surface area contributed by atoms with Crippen molar-refractivity contribution in [2.24, 2.45) is 0 Å². The van der Waals surface area contributed by atoms with Gasteiger partial charge in [-0.05, 0) is 42.0 Å². The summed E-state index contributed by atoms with van der Waals surface area (Å²) in [4.78, 5) is 21.2. The van der Waals surface area contributed by atoms with Crippen molar-refractivity contribution < 1.29 is 9.53 Å². The zero-order chi connectivity index (χ0) is 21.6. The fourth-order valence-corrected chi connectivity index (χ4v) is 3.42. The number of amides is 1. The zero-order valence-electron chi connectivity index (χ0n) is 16.3. The monoisotopic (exact) mass is 452 g/mol. The van der Waals surface area contributed by atoms with Gasteiger partial charge in [0, 0.05) is 40.7 Å². The van der Waals surface area contributed by atoms with E-state index < -0.39 is 0 Å². The third-order valence-electron chi connectivity index (χ3n) is 4.56. The number of ether oxygens (including phenoxy) is 1. The lowest BCUT2D eigenvalue weighted by atomic mass is 10.1. The van der Waals surface area contributed by atoms with Crippen molar-refractivity contribution in [1.29, 1.82) is 0 Å². The van der Waals surface area contributed by atoms with Gasteiger partial charge in [-0.15, -0.1) is 0 Å². The van der Waals surface area contributed by atoms with Gasteiger partial charge in [-0.3, -0.25) is 9.36 Å². The number of carbonyl (C=O) groups excluding carboxylic acids is 1. The Labute approximate surface area is 189 Å². The Morgan fingerprint density at radius 2 is 1.94 bits per heavy atom. The molecule has 31 heavy (non-hydrogen) atoms. The first-order chi connectivity index (χ1) is 15.1. The predicted octanol–water partition coefficient (Wildman–Crippen LogP) is 5.08. The van der Waals surface area contributed by atoms with Gasteiger partial charge in [-0.2, -0.15) is 0 Å². The molecule has 0 saturated carbocycles. The number of imidazole rings is 1. The summed E-state index contributed by atoms with van der Waals surface area (Å²) < 4.78 is 7.68. The van der Waals surface area contributed by atoms with E-state index in [2.05, 4.69) is 15.3 Å². The molecule has 0 saturated heterocycles. The molecule has 1 N–H and O–H groups in total. The Kier molecular flexibility index (Phi) is 6.50. The Balaban J connectivity index is 1.43. The average molecular weight is 453 g/mol. The molecule has 4 aromatic rings. The average Bonchev–Trinajstić information content (AvgIpc) is 3.32. The Hall–Kier alpha value is -3.35. The van der Waals surface area contributed by atoms with Crippen molar-refractivity contribution in [1.82, 2.24) is 19.9 Å². The highest BCUT2D eigenvalue weighted by molar-refractivity contribution is 6.35. The molecule has 0 atom stereocenters. The minimum atomic E-state index is -0.237. The second kappa shape index (κ2) is 9.64. The molecule has 0 aliphatic heterocycles. The molecule has 0 fully saturated rings. The van der Waals surface area contributed by atoms with Crippen LogP contribution in [0.3, 0.4) is 0 Å². The van der Waals surface area contributed by atoms with Crippen LogP contribution in [0.1, 0.15) is 21.5 Å². The minimum absolute atomic E-state index is 0.221. The van der Waals surface area contributed by atoms with Crippen molar-refractivity contribution in [3.8, 4) is 11.6 Å². The molecule has 156 valence electrons. The van der Waals surface area contributed by atoms with Crippen LogP contribution >= 0.6 is 23.2 Å². The summed E-state index contributed by atoms with van der Waals surface area (Å²) in [6.07, 6.45) is 6.87. The van der Waals surface area contributed by atoms with E-state index in [1.165, 1.54) is 0 Å². The van der Waals surface area contributed by atoms with Crippen LogP contribution in [0.5, 0.6) is 5.75 Å². The van der Waals surface area contributed by atoms with E-state index in [4.69, 9.17) is 27.9 Å². The quantitative estimate of drug-likeness (QED) is 0.424. The van der Waals surface area contributed by atoms with Gasteiger partial charge in [0.25, 0.3) is 5.91 Å². The number of halogens is 2. The van der Waals surface area contributed by atoms with Crippen LogP contribution in [0.15, 0.2) is 79.5 Å². The standard InChI is InChI=1S/C23H18Cl2N4O2/c24-18-6-5-17(20(25)12-18)14-31-21-4-2-1-3-19(21)23(30)28-13-16-7-8-27-22(11-16)29-10-9-26-15-29/h1-12,15H,13-14H2,(H,28,30). The maximum atomic E-state index is 12.8. The highest BCUT2D eigenvalue weighted by Crippen LogP contribution is 2.24. The van der Waals surface area contributed by atoms with Crippen LogP contribution in [0.25, 0.3) is 5.82 Å². The highest BCUT2D eigenvalue weighted by atomic mass is 35.5. The molecule has 4 rings (SSSR count). The number of rotatable bonds is 7. The van der Waals surface area contributed by atoms with Crippen molar-refractivity contribution in [2.45, 2.75) is 13.2 Å². The van der Waals surface area contributed by atoms with Crippen LogP contribution in [0.2, 0.25) is 10.0 Å². The van der Waals surface area contributed by atoms with E-state index in [1.54, 1.807) is 59.7 Å². The van der Waals surface area contributed by atoms with E-state index in [1.807, 2.05) is 24.4 Å². The molecule has 2 aromatic carbocycles. The fraction of sp³-hybridized carbons (Fsp3) is 0.0870. The highest BCUT2D eigenvalue weighted by Gasteiger charge is 2.13. The number of hydrogen-bond donors (Lipinski definition) is 1. The second-order valence-corrected chi connectivity index (χ2v) is 7.54. The van der Waals surface area contributed by atoms with E-state index in [9.17, 15) is 4.79 Å². The summed E-state index contributed by atoms with van der Waals surface area (Å²) >= 11 is 12.1. The smallest absolute Gasteiger partial charge is 0.255 e. The first kappa shape index (κ1) is 20.9. The summed E-state index contributed by atoms with van der Waals surface area (Å²) in [5.74, 6) is 0.964. The van der Waals surface area contributed by atoms with Crippen LogP contribution in [0, 0.1) is 0 Å². The molecular formula is C23H18Cl2N4O2. The van der Waals surface area contributed by atoms with Gasteiger partial charge in [-0.1, -0.05) is 41.4 Å². The van der Waals surface area contributed by atoms with Gasteiger partial charge in [0.1, 0.15) is 24.5 Å². The Bertz CT molecular complexity index is 1200. The molecule has 0 aliphatic rings. The fourth-order valence-electron chi connectivity index (χ4n) is 2.96. The molecule has 2 aromatic heterocycles. The summed E-state index contributed by atoms with van der Waals surface area (Å²) in [5, 5.41) is 4.00. The molecule has 0 bridgehead atoms. The summed E-state index contributed by atoms with van der Waals surface area (Å²) in [6.45, 7) is 0.569. The van der Waals surface area contributed by atoms with Crippen LogP contribution < -0.4 is 10.1 Å². The molecular weight excluding hydrogens is 435 g/mol. The number of para-hydroxylation sites is 1. The van der Waals surface area contributed by atoms with Gasteiger partial charge in [0.15, 0.2) is 0 Å². The lowest BCUT2D eigenvalue weighted by molar-refractivity contribution is 0.0946. The molecule has 0 aliphatic carbocycles. The summed E-state index contributed by atoms with van der Waals surface area (Å²) in [7, 11) is 0. The third-order valence-corrected chi connectivity index (χ3v) is 5.15. The van der Waals surface area contributed by atoms with Gasteiger partial charge in [0.2, 0.25) is 0 Å². The first-order valence-electron chi connectivity index (χ1n) is 9.47. The Morgan fingerprint density at radius 1 is 1.06 bits per heavy atom. The van der Waals surface area contributed by atoms with Gasteiger partial charge in [0.05, 0.1) is 5.56 Å². The molecule has 1 amide bonds. The number of nitrogens with zero attached hydrogens (tertiary/aromatic N) is 3. The molecule has 0 spiro atoms. The maximum Gasteiger partial charge on any atom is 0.255 e. The number of hydrogen-bond acceptors (Lipinski definition) is 4. The van der Waals surface area contributed by atoms with Crippen molar-refractivity contribution >= 4 is 29.1 Å². The number of carbonyl (C=O) groups is 1. The van der Waals surface area contributed by atoms with Gasteiger partial charge < -0.3 is 10.1 Å². The maximum absolute atomic E-state index is 12.8. The number of pyridine rings is 1. The summed E-state index contributed by atoms with van der Waals surface area (Å²) in [5.41, 5.74) is 2.14. The lowest BCUT2D eigenvalue weighted by Gasteiger charge is -2.13. The van der Waals surface area contributed by atoms with Crippen molar-refractivity contribution in [3.63, 3.8) is 0 Å². The van der Waals surface area contributed by atoms with E-state index in [0.29, 0.717) is 27.9 Å². The molecule has 6 nitrogen and oxygen atoms in total. The lowest BCUT2D eigenvalue weighted by Crippen LogP contribution is -2.23. The van der Waals surface area contributed by atoms with Gasteiger partial charge >= 0.3 is 0 Å². The van der Waals surface area contributed by atoms with Crippen molar-refractivity contribution in [2.75, 3.05) is 0 Å².